The molecule has 0 unspecified atom stereocenters. The molecule has 0 spiro atoms. The number of carboxylic acids is 1. The van der Waals surface area contributed by atoms with Crippen LogP contribution in [0.15, 0.2) is 24.5 Å². The van der Waals surface area contributed by atoms with Crippen LogP contribution in [0.3, 0.4) is 0 Å². The molecule has 7 nitrogen and oxygen atoms in total. The molecule has 7 heteroatoms. The highest BCUT2D eigenvalue weighted by Crippen LogP contribution is 2.20. The summed E-state index contributed by atoms with van der Waals surface area (Å²) in [5.41, 5.74) is 0.888. The lowest BCUT2D eigenvalue weighted by Crippen LogP contribution is -2.44. The second-order valence-electron chi connectivity index (χ2n) is 6.38. The lowest BCUT2D eigenvalue weighted by Gasteiger charge is -2.21. The van der Waals surface area contributed by atoms with Gasteiger partial charge < -0.3 is 19.7 Å². The van der Waals surface area contributed by atoms with Crippen LogP contribution >= 0.6 is 0 Å². The van der Waals surface area contributed by atoms with Crippen molar-refractivity contribution in [1.29, 1.82) is 0 Å². The Morgan fingerprint density at radius 1 is 1.43 bits per heavy atom. The van der Waals surface area contributed by atoms with Gasteiger partial charge in [-0.15, -0.1) is 0 Å². The maximum Gasteiger partial charge on any atom is 0.408 e. The molecule has 0 bridgehead atoms. The average Bonchev–Trinajstić information content (AvgIpc) is 2.73. The SMILES string of the molecule is Cn1cc(C[C@@H](NC(=O)OC(C)(C)C)C(=O)O)c2cccnc21. The molecule has 2 heterocycles. The summed E-state index contributed by atoms with van der Waals surface area (Å²) in [4.78, 5) is 27.5. The van der Waals surface area contributed by atoms with Crippen LogP contribution in [0.5, 0.6) is 0 Å². The predicted molar refractivity (Wildman–Crippen MR) is 85.2 cm³/mol. The van der Waals surface area contributed by atoms with Gasteiger partial charge in [-0.1, -0.05) is 0 Å². The molecule has 0 aromatic carbocycles. The molecule has 23 heavy (non-hydrogen) atoms. The van der Waals surface area contributed by atoms with Crippen LogP contribution in [0.25, 0.3) is 11.0 Å². The number of carboxylic acid groups (broad SMARTS) is 1. The van der Waals surface area contributed by atoms with Crippen LogP contribution in [0, 0.1) is 0 Å². The van der Waals surface area contributed by atoms with Gasteiger partial charge in [0.05, 0.1) is 0 Å². The molecule has 0 aliphatic heterocycles. The van der Waals surface area contributed by atoms with E-state index in [1.54, 1.807) is 33.0 Å². The number of nitrogens with one attached hydrogen (secondary N) is 1. The van der Waals surface area contributed by atoms with Crippen molar-refractivity contribution in [3.63, 3.8) is 0 Å². The summed E-state index contributed by atoms with van der Waals surface area (Å²) >= 11 is 0. The zero-order chi connectivity index (χ0) is 17.2. The number of aliphatic carboxylic acids is 1. The zero-order valence-corrected chi connectivity index (χ0v) is 13.7. The lowest BCUT2D eigenvalue weighted by atomic mass is 10.1. The summed E-state index contributed by atoms with van der Waals surface area (Å²) in [7, 11) is 1.84. The van der Waals surface area contributed by atoms with Gasteiger partial charge in [0, 0.05) is 31.2 Å². The molecule has 2 N–H and O–H groups in total. The third kappa shape index (κ3) is 4.21. The van der Waals surface area contributed by atoms with E-state index in [4.69, 9.17) is 4.74 Å². The van der Waals surface area contributed by atoms with Crippen LogP contribution in [0.2, 0.25) is 0 Å². The van der Waals surface area contributed by atoms with E-state index in [0.717, 1.165) is 16.6 Å². The number of pyridine rings is 1. The number of ether oxygens (including phenoxy) is 1. The first kappa shape index (κ1) is 16.8. The minimum Gasteiger partial charge on any atom is -0.480 e. The van der Waals surface area contributed by atoms with E-state index >= 15 is 0 Å². The van der Waals surface area contributed by atoms with Gasteiger partial charge in [0.15, 0.2) is 0 Å². The molecule has 1 atom stereocenters. The third-order valence-corrected chi connectivity index (χ3v) is 3.23. The molecule has 1 amide bonds. The molecule has 2 aromatic heterocycles. The molecule has 2 aromatic rings. The van der Waals surface area contributed by atoms with Crippen LogP contribution < -0.4 is 5.32 Å². The number of hydrogen-bond donors (Lipinski definition) is 2. The molecule has 0 aliphatic carbocycles. The molecule has 2 rings (SSSR count). The van der Waals surface area contributed by atoms with Crippen LogP contribution in [-0.2, 0) is 23.0 Å². The number of rotatable bonds is 4. The van der Waals surface area contributed by atoms with Gasteiger partial charge in [0.25, 0.3) is 0 Å². The summed E-state index contributed by atoms with van der Waals surface area (Å²) in [6, 6.07) is 2.60. The van der Waals surface area contributed by atoms with Gasteiger partial charge >= 0.3 is 12.1 Å². The Kier molecular flexibility index (Phi) is 4.58. The van der Waals surface area contributed by atoms with Crippen molar-refractivity contribution in [2.75, 3.05) is 0 Å². The second kappa shape index (κ2) is 6.28. The van der Waals surface area contributed by atoms with E-state index in [1.807, 2.05) is 23.9 Å². The first-order valence-electron chi connectivity index (χ1n) is 7.28. The molecular weight excluding hydrogens is 298 g/mol. The van der Waals surface area contributed by atoms with E-state index in [9.17, 15) is 14.7 Å². The van der Waals surface area contributed by atoms with Crippen LogP contribution in [0.1, 0.15) is 26.3 Å². The molecule has 0 saturated heterocycles. The van der Waals surface area contributed by atoms with Crippen molar-refractivity contribution in [2.24, 2.45) is 7.05 Å². The van der Waals surface area contributed by atoms with Gasteiger partial charge in [-0.2, -0.15) is 0 Å². The van der Waals surface area contributed by atoms with E-state index < -0.39 is 23.7 Å². The van der Waals surface area contributed by atoms with E-state index in [1.165, 1.54) is 0 Å². The standard InChI is InChI=1S/C16H21N3O4/c1-16(2,3)23-15(22)18-12(14(20)21)8-10-9-19(4)13-11(10)6-5-7-17-13/h5-7,9,12H,8H2,1-4H3,(H,18,22)(H,20,21)/t12-/m1/s1. The highest BCUT2D eigenvalue weighted by molar-refractivity contribution is 5.84. The number of fused-ring (bicyclic) bond motifs is 1. The van der Waals surface area contributed by atoms with Crippen molar-refractivity contribution in [3.05, 3.63) is 30.1 Å². The minimum absolute atomic E-state index is 0.150. The van der Waals surface area contributed by atoms with Gasteiger partial charge in [0.2, 0.25) is 0 Å². The molecular formula is C16H21N3O4. The Labute approximate surface area is 134 Å². The number of alkyl carbamates (subject to hydrolysis) is 1. The number of aryl methyl sites for hydroxylation is 1. The maximum absolute atomic E-state index is 11.8. The Hall–Kier alpha value is -2.57. The fourth-order valence-corrected chi connectivity index (χ4v) is 2.33. The molecule has 0 fully saturated rings. The largest absolute Gasteiger partial charge is 0.480 e. The first-order valence-corrected chi connectivity index (χ1v) is 7.28. The third-order valence-electron chi connectivity index (χ3n) is 3.23. The summed E-state index contributed by atoms with van der Waals surface area (Å²) in [6.45, 7) is 5.16. The predicted octanol–water partition coefficient (Wildman–Crippen LogP) is 2.09. The number of hydrogen-bond acceptors (Lipinski definition) is 4. The number of aromatic nitrogens is 2. The highest BCUT2D eigenvalue weighted by atomic mass is 16.6. The normalized spacial score (nSPS) is 12.9. The van der Waals surface area contributed by atoms with Crippen LogP contribution in [0.4, 0.5) is 4.79 Å². The maximum atomic E-state index is 11.8. The van der Waals surface area contributed by atoms with Gasteiger partial charge in [-0.05, 0) is 38.5 Å². The van der Waals surface area contributed by atoms with Crippen molar-refractivity contribution >= 4 is 23.1 Å². The first-order chi connectivity index (χ1) is 10.7. The number of nitrogens with zero attached hydrogens (tertiary/aromatic N) is 2. The second-order valence-corrected chi connectivity index (χ2v) is 6.38. The smallest absolute Gasteiger partial charge is 0.408 e. The molecule has 124 valence electrons. The Bertz CT molecular complexity index is 730. The summed E-state index contributed by atoms with van der Waals surface area (Å²) in [5.74, 6) is -1.11. The van der Waals surface area contributed by atoms with E-state index in [-0.39, 0.29) is 6.42 Å². The van der Waals surface area contributed by atoms with Crippen molar-refractivity contribution in [1.82, 2.24) is 14.9 Å². The number of amides is 1. The monoisotopic (exact) mass is 319 g/mol. The Morgan fingerprint density at radius 3 is 2.74 bits per heavy atom. The van der Waals surface area contributed by atoms with Crippen molar-refractivity contribution < 1.29 is 19.4 Å². The average molecular weight is 319 g/mol. The van der Waals surface area contributed by atoms with Crippen molar-refractivity contribution in [2.45, 2.75) is 38.8 Å². The van der Waals surface area contributed by atoms with Gasteiger partial charge in [-0.3, -0.25) is 0 Å². The topological polar surface area (TPSA) is 93.5 Å². The summed E-state index contributed by atoms with van der Waals surface area (Å²) in [5, 5.41) is 12.6. The highest BCUT2D eigenvalue weighted by Gasteiger charge is 2.25. The van der Waals surface area contributed by atoms with Crippen LogP contribution in [-0.4, -0.2) is 38.4 Å². The molecule has 0 aliphatic rings. The number of carbonyl (C=O) groups excluding carboxylic acids is 1. The minimum atomic E-state index is -1.11. The fraction of sp³-hybridized carbons (Fsp3) is 0.438. The van der Waals surface area contributed by atoms with Gasteiger partial charge in [-0.25, -0.2) is 14.6 Å². The molecule has 0 saturated carbocycles. The quantitative estimate of drug-likeness (QED) is 0.900. The molecule has 0 radical (unpaired) electrons. The van der Waals surface area contributed by atoms with E-state index in [2.05, 4.69) is 10.3 Å². The van der Waals surface area contributed by atoms with E-state index in [0.29, 0.717) is 0 Å². The fourth-order valence-electron chi connectivity index (χ4n) is 2.33. The summed E-state index contributed by atoms with van der Waals surface area (Å²) in [6.07, 6.45) is 2.91. The zero-order valence-electron chi connectivity index (χ0n) is 13.7. The lowest BCUT2D eigenvalue weighted by molar-refractivity contribution is -0.139. The summed E-state index contributed by atoms with van der Waals surface area (Å²) < 4.78 is 6.95. The number of carbonyl (C=O) groups is 2. The Morgan fingerprint density at radius 2 is 2.13 bits per heavy atom. The Balaban J connectivity index is 2.19. The van der Waals surface area contributed by atoms with Gasteiger partial charge in [0.1, 0.15) is 17.3 Å². The van der Waals surface area contributed by atoms with Crippen molar-refractivity contribution in [3.8, 4) is 0 Å².